The van der Waals surface area contributed by atoms with Gasteiger partial charge in [-0.1, -0.05) is 23.4 Å². The number of unbranched alkanes of at least 4 members (excludes halogenated alkanes) is 1. The van der Waals surface area contributed by atoms with Crippen molar-refractivity contribution in [3.05, 3.63) is 48.3 Å². The summed E-state index contributed by atoms with van der Waals surface area (Å²) >= 11 is 0. The lowest BCUT2D eigenvalue weighted by molar-refractivity contribution is -0.0906. The molecular weight excluding hydrogens is 370 g/mol. The Morgan fingerprint density at radius 2 is 1.93 bits per heavy atom. The molecule has 27 heavy (non-hydrogen) atoms. The fourth-order valence-electron chi connectivity index (χ4n) is 3.00. The molecule has 0 aromatic heterocycles. The summed E-state index contributed by atoms with van der Waals surface area (Å²) < 4.78 is 37.1. The van der Waals surface area contributed by atoms with E-state index in [0.717, 1.165) is 18.4 Å². The first-order valence-electron chi connectivity index (χ1n) is 9.16. The largest absolute Gasteiger partial charge is 0.361 e. The van der Waals surface area contributed by atoms with Gasteiger partial charge >= 0.3 is 7.60 Å². The predicted octanol–water partition coefficient (Wildman–Crippen LogP) is 4.88. The summed E-state index contributed by atoms with van der Waals surface area (Å²) in [6, 6.07) is 6.10. The maximum Gasteiger partial charge on any atom is 0.338 e. The van der Waals surface area contributed by atoms with Crippen molar-refractivity contribution in [1.29, 1.82) is 0 Å². The first kappa shape index (κ1) is 21.6. The summed E-state index contributed by atoms with van der Waals surface area (Å²) in [4.78, 5) is 7.70. The van der Waals surface area contributed by atoms with Crippen molar-refractivity contribution in [3.63, 3.8) is 0 Å². The molecule has 0 N–H and O–H groups in total. The molecule has 1 aliphatic rings. The summed E-state index contributed by atoms with van der Waals surface area (Å²) in [6.45, 7) is 10.3. The Morgan fingerprint density at radius 3 is 2.48 bits per heavy atom. The Hall–Kier alpha value is -1.69. The highest BCUT2D eigenvalue weighted by molar-refractivity contribution is 7.54. The molecular formula is C19H28FN2O4P. The van der Waals surface area contributed by atoms with Gasteiger partial charge in [0.2, 0.25) is 5.72 Å². The van der Waals surface area contributed by atoms with Crippen LogP contribution in [-0.4, -0.2) is 36.7 Å². The average molecular weight is 398 g/mol. The molecule has 0 aliphatic carbocycles. The van der Waals surface area contributed by atoms with Crippen LogP contribution in [0.3, 0.4) is 0 Å². The van der Waals surface area contributed by atoms with Crippen LogP contribution < -0.4 is 0 Å². The molecule has 1 heterocycles. The van der Waals surface area contributed by atoms with Gasteiger partial charge < -0.3 is 18.8 Å². The Labute approximate surface area is 160 Å². The molecule has 1 aliphatic heterocycles. The Balaban J connectivity index is 2.29. The molecule has 0 saturated heterocycles. The van der Waals surface area contributed by atoms with E-state index < -0.39 is 13.3 Å². The SMILES string of the molecule is C=CCCCN1C(CP(=O)(OCC)OCC)=NOC1(C)c1ccc(F)cc1. The molecule has 1 atom stereocenters. The van der Waals surface area contributed by atoms with E-state index in [-0.39, 0.29) is 25.2 Å². The number of halogens is 1. The van der Waals surface area contributed by atoms with E-state index in [1.165, 1.54) is 12.1 Å². The van der Waals surface area contributed by atoms with E-state index in [1.807, 2.05) is 17.9 Å². The molecule has 2 rings (SSSR count). The Morgan fingerprint density at radius 1 is 1.30 bits per heavy atom. The van der Waals surface area contributed by atoms with E-state index in [4.69, 9.17) is 13.9 Å². The van der Waals surface area contributed by atoms with Gasteiger partial charge in [0.1, 0.15) is 12.0 Å². The maximum atomic E-state index is 13.3. The van der Waals surface area contributed by atoms with Crippen molar-refractivity contribution in [2.24, 2.45) is 5.16 Å². The fourth-order valence-corrected chi connectivity index (χ4v) is 4.62. The van der Waals surface area contributed by atoms with Gasteiger partial charge in [0.05, 0.1) is 13.2 Å². The van der Waals surface area contributed by atoms with E-state index in [9.17, 15) is 8.96 Å². The lowest BCUT2D eigenvalue weighted by Crippen LogP contribution is -2.45. The first-order chi connectivity index (χ1) is 12.9. The molecule has 150 valence electrons. The average Bonchev–Trinajstić information content (AvgIpc) is 2.93. The number of rotatable bonds is 11. The number of oxime groups is 1. The van der Waals surface area contributed by atoms with Gasteiger partial charge in [-0.2, -0.15) is 0 Å². The molecule has 0 saturated carbocycles. The number of nitrogens with zero attached hydrogens (tertiary/aromatic N) is 2. The monoisotopic (exact) mass is 398 g/mol. The minimum absolute atomic E-state index is 0.0134. The van der Waals surface area contributed by atoms with Crippen LogP contribution in [0, 0.1) is 5.82 Å². The summed E-state index contributed by atoms with van der Waals surface area (Å²) in [5, 5.41) is 4.19. The molecule has 0 bridgehead atoms. The first-order valence-corrected chi connectivity index (χ1v) is 10.9. The highest BCUT2D eigenvalue weighted by Crippen LogP contribution is 2.50. The molecule has 6 nitrogen and oxygen atoms in total. The minimum Gasteiger partial charge on any atom is -0.361 e. The molecule has 1 aromatic rings. The molecule has 1 unspecified atom stereocenters. The van der Waals surface area contributed by atoms with E-state index in [1.54, 1.807) is 26.0 Å². The standard InChI is InChI=1S/C19H28FN2O4P/c1-5-8-9-14-22-18(15-27(23,24-6-2)25-7-3)21-26-19(22,4)16-10-12-17(20)13-11-16/h5,10-13H,1,6-9,14-15H2,2-4H3. The van der Waals surface area contributed by atoms with Gasteiger partial charge in [-0.05, 0) is 38.8 Å². The third kappa shape index (κ3) is 5.18. The highest BCUT2D eigenvalue weighted by Gasteiger charge is 2.45. The topological polar surface area (TPSA) is 60.4 Å². The van der Waals surface area contributed by atoms with E-state index >= 15 is 0 Å². The van der Waals surface area contributed by atoms with Gasteiger partial charge in [0.15, 0.2) is 5.84 Å². The smallest absolute Gasteiger partial charge is 0.338 e. The van der Waals surface area contributed by atoms with Crippen molar-refractivity contribution < 1.29 is 22.8 Å². The summed E-state index contributed by atoms with van der Waals surface area (Å²) in [5.74, 6) is 0.174. The summed E-state index contributed by atoms with van der Waals surface area (Å²) in [7, 11) is -3.33. The van der Waals surface area contributed by atoms with Crippen molar-refractivity contribution in [2.45, 2.75) is 39.3 Å². The quantitative estimate of drug-likeness (QED) is 0.302. The van der Waals surface area contributed by atoms with Crippen molar-refractivity contribution >= 4 is 13.4 Å². The van der Waals surface area contributed by atoms with Crippen LogP contribution in [0.5, 0.6) is 0 Å². The van der Waals surface area contributed by atoms with Crippen LogP contribution in [0.25, 0.3) is 0 Å². The Bertz CT molecular complexity index is 700. The highest BCUT2D eigenvalue weighted by atomic mass is 31.2. The molecule has 0 spiro atoms. The second-order valence-electron chi connectivity index (χ2n) is 6.28. The summed E-state index contributed by atoms with van der Waals surface area (Å²) in [5.41, 5.74) is -0.170. The van der Waals surface area contributed by atoms with Crippen LogP contribution in [0.15, 0.2) is 42.1 Å². The number of benzene rings is 1. The predicted molar refractivity (Wildman–Crippen MR) is 104 cm³/mol. The van der Waals surface area contributed by atoms with Gasteiger partial charge in [0, 0.05) is 19.0 Å². The number of amidine groups is 1. The molecule has 0 amide bonds. The van der Waals surface area contributed by atoms with Gasteiger partial charge in [-0.25, -0.2) is 4.39 Å². The zero-order valence-corrected chi connectivity index (χ0v) is 17.1. The fraction of sp³-hybridized carbons (Fsp3) is 0.526. The van der Waals surface area contributed by atoms with Gasteiger partial charge in [-0.15, -0.1) is 6.58 Å². The van der Waals surface area contributed by atoms with Crippen molar-refractivity contribution in [1.82, 2.24) is 4.90 Å². The second-order valence-corrected chi connectivity index (χ2v) is 8.33. The molecule has 1 aromatic carbocycles. The lowest BCUT2D eigenvalue weighted by atomic mass is 10.0. The van der Waals surface area contributed by atoms with E-state index in [0.29, 0.717) is 12.4 Å². The van der Waals surface area contributed by atoms with Gasteiger partial charge in [-0.3, -0.25) is 4.57 Å². The molecule has 8 heteroatoms. The summed E-state index contributed by atoms with van der Waals surface area (Å²) in [6.07, 6.45) is 3.49. The zero-order valence-electron chi connectivity index (χ0n) is 16.2. The van der Waals surface area contributed by atoms with Crippen LogP contribution >= 0.6 is 7.60 Å². The lowest BCUT2D eigenvalue weighted by Gasteiger charge is -2.35. The van der Waals surface area contributed by atoms with Crippen LogP contribution in [0.2, 0.25) is 0 Å². The van der Waals surface area contributed by atoms with Crippen molar-refractivity contribution in [2.75, 3.05) is 25.9 Å². The van der Waals surface area contributed by atoms with Crippen LogP contribution in [0.1, 0.15) is 39.2 Å². The minimum atomic E-state index is -3.33. The van der Waals surface area contributed by atoms with Crippen molar-refractivity contribution in [3.8, 4) is 0 Å². The third-order valence-corrected chi connectivity index (χ3v) is 6.29. The Kier molecular flexibility index (Phi) is 7.59. The molecule has 0 radical (unpaired) electrons. The zero-order chi connectivity index (χ0) is 19.9. The molecule has 0 fully saturated rings. The number of hydrogen-bond acceptors (Lipinski definition) is 6. The van der Waals surface area contributed by atoms with E-state index in [2.05, 4.69) is 11.7 Å². The second kappa shape index (κ2) is 9.49. The normalized spacial score (nSPS) is 19.7. The van der Waals surface area contributed by atoms with Gasteiger partial charge in [0.25, 0.3) is 0 Å². The number of allylic oxidation sites excluding steroid dienone is 1. The van der Waals surface area contributed by atoms with Crippen LogP contribution in [-0.2, 0) is 24.2 Å². The number of hydrogen-bond donors (Lipinski definition) is 0. The third-order valence-electron chi connectivity index (χ3n) is 4.31. The maximum absolute atomic E-state index is 13.3. The van der Waals surface area contributed by atoms with Crippen LogP contribution in [0.4, 0.5) is 4.39 Å².